The Morgan fingerprint density at radius 2 is 1.66 bits per heavy atom. The van der Waals surface area contributed by atoms with Crippen LogP contribution in [0.15, 0.2) is 36.4 Å². The van der Waals surface area contributed by atoms with E-state index in [2.05, 4.69) is 15.5 Å². The SMILES string of the molecule is Cc1ccc(-n2nc(C)c(C(=O)OCC(=O)Nc3c(C)cccc3C)n2)c(C)c1. The van der Waals surface area contributed by atoms with Crippen molar-refractivity contribution < 1.29 is 14.3 Å². The molecule has 0 saturated carbocycles. The lowest BCUT2D eigenvalue weighted by Crippen LogP contribution is -2.22. The van der Waals surface area contributed by atoms with Gasteiger partial charge in [-0.2, -0.15) is 9.90 Å². The number of para-hydroxylation sites is 1. The summed E-state index contributed by atoms with van der Waals surface area (Å²) in [5, 5.41) is 11.4. The highest BCUT2D eigenvalue weighted by Gasteiger charge is 2.20. The molecule has 0 saturated heterocycles. The van der Waals surface area contributed by atoms with Crippen LogP contribution in [0, 0.1) is 34.6 Å². The van der Waals surface area contributed by atoms with Crippen LogP contribution >= 0.6 is 0 Å². The van der Waals surface area contributed by atoms with E-state index in [1.807, 2.05) is 64.1 Å². The Hall–Kier alpha value is -3.48. The molecule has 0 bridgehead atoms. The molecule has 0 radical (unpaired) electrons. The van der Waals surface area contributed by atoms with Gasteiger partial charge >= 0.3 is 5.97 Å². The minimum absolute atomic E-state index is 0.0878. The van der Waals surface area contributed by atoms with Crippen LogP contribution in [0.3, 0.4) is 0 Å². The number of carbonyl (C=O) groups is 2. The van der Waals surface area contributed by atoms with E-state index >= 15 is 0 Å². The van der Waals surface area contributed by atoms with E-state index < -0.39 is 18.5 Å². The van der Waals surface area contributed by atoms with Crippen LogP contribution in [0.2, 0.25) is 0 Å². The number of hydrogen-bond acceptors (Lipinski definition) is 5. The van der Waals surface area contributed by atoms with Crippen LogP contribution in [-0.2, 0) is 9.53 Å². The van der Waals surface area contributed by atoms with Gasteiger partial charge in [0.15, 0.2) is 12.3 Å². The third kappa shape index (κ3) is 4.51. The molecule has 1 aromatic heterocycles. The third-order valence-electron chi connectivity index (χ3n) is 4.62. The Balaban J connectivity index is 1.68. The minimum Gasteiger partial charge on any atom is -0.451 e. The van der Waals surface area contributed by atoms with Gasteiger partial charge in [-0.1, -0.05) is 35.9 Å². The van der Waals surface area contributed by atoms with E-state index in [-0.39, 0.29) is 5.69 Å². The molecule has 0 spiro atoms. The van der Waals surface area contributed by atoms with E-state index in [9.17, 15) is 9.59 Å². The average molecular weight is 392 g/mol. The van der Waals surface area contributed by atoms with Crippen molar-refractivity contribution in [2.24, 2.45) is 0 Å². The monoisotopic (exact) mass is 392 g/mol. The van der Waals surface area contributed by atoms with Crippen molar-refractivity contribution >= 4 is 17.6 Å². The van der Waals surface area contributed by atoms with Crippen molar-refractivity contribution in [3.05, 3.63) is 70.0 Å². The summed E-state index contributed by atoms with van der Waals surface area (Å²) < 4.78 is 5.15. The first-order chi connectivity index (χ1) is 13.8. The van der Waals surface area contributed by atoms with Crippen LogP contribution in [0.1, 0.15) is 38.4 Å². The molecule has 3 aromatic rings. The molecule has 7 heteroatoms. The summed E-state index contributed by atoms with van der Waals surface area (Å²) in [6.45, 7) is 9.05. The van der Waals surface area contributed by atoms with Crippen LogP contribution < -0.4 is 5.32 Å². The first-order valence-electron chi connectivity index (χ1n) is 9.31. The summed E-state index contributed by atoms with van der Waals surface area (Å²) in [5.74, 6) is -1.09. The standard InChI is InChI=1S/C22H24N4O3/c1-13-9-10-18(16(4)11-13)26-24-17(5)21(25-26)22(28)29-12-19(27)23-20-14(2)7-6-8-15(20)3/h6-11H,12H2,1-5H3,(H,23,27). The van der Waals surface area contributed by atoms with Crippen LogP contribution in [-0.4, -0.2) is 33.5 Å². The summed E-state index contributed by atoms with van der Waals surface area (Å²) in [5.41, 5.74) is 6.04. The summed E-state index contributed by atoms with van der Waals surface area (Å²) in [6.07, 6.45) is 0. The second-order valence-electron chi connectivity index (χ2n) is 7.10. The van der Waals surface area contributed by atoms with Gasteiger partial charge in [0.25, 0.3) is 5.91 Å². The number of aromatic nitrogens is 3. The van der Waals surface area contributed by atoms with Crippen LogP contribution in [0.4, 0.5) is 5.69 Å². The second-order valence-corrected chi connectivity index (χ2v) is 7.10. The summed E-state index contributed by atoms with van der Waals surface area (Å²) in [4.78, 5) is 26.0. The fourth-order valence-electron chi connectivity index (χ4n) is 3.09. The number of benzene rings is 2. The summed E-state index contributed by atoms with van der Waals surface area (Å²) >= 11 is 0. The smallest absolute Gasteiger partial charge is 0.361 e. The van der Waals surface area contributed by atoms with Gasteiger partial charge in [-0.25, -0.2) is 4.79 Å². The maximum absolute atomic E-state index is 12.4. The highest BCUT2D eigenvalue weighted by molar-refractivity contribution is 5.96. The molecule has 0 fully saturated rings. The minimum atomic E-state index is -0.685. The lowest BCUT2D eigenvalue weighted by molar-refractivity contribution is -0.119. The normalized spacial score (nSPS) is 10.7. The molecule has 0 aliphatic heterocycles. The van der Waals surface area contributed by atoms with Crippen molar-refractivity contribution in [1.82, 2.24) is 15.0 Å². The number of amides is 1. The number of nitrogens with zero attached hydrogens (tertiary/aromatic N) is 3. The van der Waals surface area contributed by atoms with Gasteiger partial charge in [0.1, 0.15) is 0 Å². The van der Waals surface area contributed by atoms with E-state index in [0.29, 0.717) is 5.69 Å². The molecule has 1 heterocycles. The van der Waals surface area contributed by atoms with Crippen molar-refractivity contribution in [1.29, 1.82) is 0 Å². The lowest BCUT2D eigenvalue weighted by atomic mass is 10.1. The maximum atomic E-state index is 12.4. The molecular formula is C22H24N4O3. The predicted octanol–water partition coefficient (Wildman–Crippen LogP) is 3.60. The Morgan fingerprint density at radius 3 is 2.31 bits per heavy atom. The van der Waals surface area contributed by atoms with E-state index in [4.69, 9.17) is 4.74 Å². The predicted molar refractivity (Wildman–Crippen MR) is 110 cm³/mol. The first-order valence-corrected chi connectivity index (χ1v) is 9.31. The quantitative estimate of drug-likeness (QED) is 0.671. The number of anilines is 1. The molecule has 0 aliphatic rings. The number of carbonyl (C=O) groups excluding carboxylic acids is 2. The largest absolute Gasteiger partial charge is 0.451 e. The third-order valence-corrected chi connectivity index (χ3v) is 4.62. The van der Waals surface area contributed by atoms with Gasteiger partial charge in [0, 0.05) is 5.69 Å². The van der Waals surface area contributed by atoms with Crippen LogP contribution in [0.5, 0.6) is 0 Å². The number of esters is 1. The highest BCUT2D eigenvalue weighted by atomic mass is 16.5. The van der Waals surface area contributed by atoms with Gasteiger partial charge in [-0.15, -0.1) is 5.10 Å². The molecule has 1 N–H and O–H groups in total. The molecule has 0 unspecified atom stereocenters. The fourth-order valence-corrected chi connectivity index (χ4v) is 3.09. The van der Waals surface area contributed by atoms with Gasteiger partial charge in [-0.05, 0) is 57.4 Å². The fraction of sp³-hybridized carbons (Fsp3) is 0.273. The Labute approximate surface area is 169 Å². The average Bonchev–Trinajstić information content (AvgIpc) is 3.04. The zero-order valence-corrected chi connectivity index (χ0v) is 17.2. The lowest BCUT2D eigenvalue weighted by Gasteiger charge is -2.11. The molecule has 7 nitrogen and oxygen atoms in total. The highest BCUT2D eigenvalue weighted by Crippen LogP contribution is 2.19. The maximum Gasteiger partial charge on any atom is 0.361 e. The molecular weight excluding hydrogens is 368 g/mol. The zero-order chi connectivity index (χ0) is 21.1. The summed E-state index contributed by atoms with van der Waals surface area (Å²) in [7, 11) is 0. The van der Waals surface area contributed by atoms with Crippen molar-refractivity contribution in [3.8, 4) is 5.69 Å². The van der Waals surface area contributed by atoms with Crippen molar-refractivity contribution in [3.63, 3.8) is 0 Å². The molecule has 150 valence electrons. The molecule has 2 aromatic carbocycles. The Morgan fingerprint density at radius 1 is 0.966 bits per heavy atom. The molecule has 1 amide bonds. The number of ether oxygens (including phenoxy) is 1. The van der Waals surface area contributed by atoms with E-state index in [1.54, 1.807) is 6.92 Å². The van der Waals surface area contributed by atoms with Crippen molar-refractivity contribution in [2.45, 2.75) is 34.6 Å². The van der Waals surface area contributed by atoms with Gasteiger partial charge in [-0.3, -0.25) is 4.79 Å². The number of nitrogens with one attached hydrogen (secondary N) is 1. The Bertz CT molecular complexity index is 1070. The van der Waals surface area contributed by atoms with Crippen LogP contribution in [0.25, 0.3) is 5.69 Å². The zero-order valence-electron chi connectivity index (χ0n) is 17.2. The number of rotatable bonds is 5. The number of hydrogen-bond donors (Lipinski definition) is 1. The second kappa shape index (κ2) is 8.26. The van der Waals surface area contributed by atoms with Gasteiger partial charge < -0.3 is 10.1 Å². The molecule has 0 aliphatic carbocycles. The van der Waals surface area contributed by atoms with Gasteiger partial charge in [0.05, 0.1) is 11.4 Å². The Kier molecular flexibility index (Phi) is 5.77. The molecule has 0 atom stereocenters. The molecule has 29 heavy (non-hydrogen) atoms. The molecule has 3 rings (SSSR count). The topological polar surface area (TPSA) is 86.1 Å². The first kappa shape index (κ1) is 20.3. The summed E-state index contributed by atoms with van der Waals surface area (Å²) in [6, 6.07) is 11.6. The van der Waals surface area contributed by atoms with E-state index in [1.165, 1.54) is 4.80 Å². The van der Waals surface area contributed by atoms with Crippen molar-refractivity contribution in [2.75, 3.05) is 11.9 Å². The number of aryl methyl sites for hydroxylation is 5. The van der Waals surface area contributed by atoms with E-state index in [0.717, 1.165) is 33.6 Å². The van der Waals surface area contributed by atoms with Gasteiger partial charge in [0.2, 0.25) is 0 Å².